The number of nitrogens with zero attached hydrogens (tertiary/aromatic N) is 5. The minimum absolute atomic E-state index is 0.257. The molecular formula is C20H23N7O2. The number of ether oxygens (including phenoxy) is 1. The van der Waals surface area contributed by atoms with Gasteiger partial charge in [-0.05, 0) is 43.4 Å². The predicted molar refractivity (Wildman–Crippen MR) is 105 cm³/mol. The van der Waals surface area contributed by atoms with Crippen LogP contribution in [0.5, 0.6) is 5.88 Å². The molecule has 9 heteroatoms. The molecule has 3 heterocycles. The Hall–Kier alpha value is -3.49. The van der Waals surface area contributed by atoms with E-state index in [1.54, 1.807) is 23.4 Å². The van der Waals surface area contributed by atoms with Crippen molar-refractivity contribution in [1.29, 1.82) is 0 Å². The van der Waals surface area contributed by atoms with E-state index in [0.717, 1.165) is 24.0 Å². The third kappa shape index (κ3) is 5.07. The first kappa shape index (κ1) is 18.9. The van der Waals surface area contributed by atoms with Crippen LogP contribution in [0.3, 0.4) is 0 Å². The van der Waals surface area contributed by atoms with Gasteiger partial charge >= 0.3 is 6.03 Å². The number of carbonyl (C=O) groups is 1. The van der Waals surface area contributed by atoms with E-state index in [1.165, 1.54) is 19.2 Å². The quantitative estimate of drug-likeness (QED) is 0.638. The summed E-state index contributed by atoms with van der Waals surface area (Å²) in [4.78, 5) is 24.7. The fraction of sp³-hybridized carbons (Fsp3) is 0.350. The molecule has 2 N–H and O–H groups in total. The standard InChI is InChI=1S/C20H23N7O2/c28-20(25-12-16-4-3-8-23-19(16)27-14-21-13-26-27)24-11-15-7-9-22-18(10-15)29-17-5-1-2-6-17/h3-4,7-10,13-14,17H,1-2,5-6,11-12H2,(H2,24,25,28). The van der Waals surface area contributed by atoms with E-state index < -0.39 is 0 Å². The number of rotatable bonds is 7. The first-order chi connectivity index (χ1) is 14.3. The molecule has 4 rings (SSSR count). The van der Waals surface area contributed by atoms with Gasteiger partial charge in [0.15, 0.2) is 5.82 Å². The lowest BCUT2D eigenvalue weighted by atomic mass is 10.2. The fourth-order valence-electron chi connectivity index (χ4n) is 3.31. The zero-order valence-corrected chi connectivity index (χ0v) is 16.0. The van der Waals surface area contributed by atoms with E-state index in [0.29, 0.717) is 24.8 Å². The Balaban J connectivity index is 1.29. The van der Waals surface area contributed by atoms with Crippen LogP contribution in [0.4, 0.5) is 4.79 Å². The zero-order valence-electron chi connectivity index (χ0n) is 16.0. The van der Waals surface area contributed by atoms with Crippen LogP contribution in [0, 0.1) is 0 Å². The van der Waals surface area contributed by atoms with Crippen LogP contribution in [0.2, 0.25) is 0 Å². The van der Waals surface area contributed by atoms with Crippen molar-refractivity contribution in [2.24, 2.45) is 0 Å². The summed E-state index contributed by atoms with van der Waals surface area (Å²) in [5, 5.41) is 9.79. The highest BCUT2D eigenvalue weighted by molar-refractivity contribution is 5.73. The molecule has 3 aromatic heterocycles. The van der Waals surface area contributed by atoms with Crippen molar-refractivity contribution >= 4 is 6.03 Å². The largest absolute Gasteiger partial charge is 0.474 e. The molecule has 150 valence electrons. The molecule has 3 aromatic rings. The predicted octanol–water partition coefficient (Wildman–Crippen LogP) is 2.38. The van der Waals surface area contributed by atoms with Gasteiger partial charge in [0.2, 0.25) is 5.88 Å². The Bertz CT molecular complexity index is 940. The van der Waals surface area contributed by atoms with Crippen LogP contribution in [0.25, 0.3) is 5.82 Å². The number of amides is 2. The van der Waals surface area contributed by atoms with Crippen LogP contribution in [-0.4, -0.2) is 36.9 Å². The molecule has 2 amide bonds. The van der Waals surface area contributed by atoms with Gasteiger partial charge in [-0.1, -0.05) is 6.07 Å². The van der Waals surface area contributed by atoms with Gasteiger partial charge in [-0.15, -0.1) is 0 Å². The number of pyridine rings is 2. The number of aromatic nitrogens is 5. The van der Waals surface area contributed by atoms with Crippen molar-refractivity contribution in [2.75, 3.05) is 0 Å². The van der Waals surface area contributed by atoms with Crippen molar-refractivity contribution in [3.8, 4) is 11.7 Å². The van der Waals surface area contributed by atoms with Gasteiger partial charge in [-0.3, -0.25) is 0 Å². The molecule has 29 heavy (non-hydrogen) atoms. The fourth-order valence-corrected chi connectivity index (χ4v) is 3.31. The Labute approximate surface area is 168 Å². The molecule has 0 spiro atoms. The molecule has 0 unspecified atom stereocenters. The first-order valence-electron chi connectivity index (χ1n) is 9.70. The number of nitrogens with one attached hydrogen (secondary N) is 2. The van der Waals surface area contributed by atoms with Crippen LogP contribution in [-0.2, 0) is 13.1 Å². The number of hydrogen-bond donors (Lipinski definition) is 2. The number of carbonyl (C=O) groups excluding carboxylic acids is 1. The maximum Gasteiger partial charge on any atom is 0.315 e. The molecule has 0 saturated heterocycles. The van der Waals surface area contributed by atoms with Gasteiger partial charge in [-0.25, -0.2) is 24.4 Å². The highest BCUT2D eigenvalue weighted by Crippen LogP contribution is 2.23. The van der Waals surface area contributed by atoms with Crippen molar-refractivity contribution in [2.45, 2.75) is 44.9 Å². The number of urea groups is 1. The monoisotopic (exact) mass is 393 g/mol. The van der Waals surface area contributed by atoms with Crippen LogP contribution < -0.4 is 15.4 Å². The molecular weight excluding hydrogens is 370 g/mol. The van der Waals surface area contributed by atoms with Crippen molar-refractivity contribution in [3.05, 3.63) is 60.4 Å². The van der Waals surface area contributed by atoms with E-state index in [-0.39, 0.29) is 12.1 Å². The lowest BCUT2D eigenvalue weighted by Gasteiger charge is -2.13. The Morgan fingerprint density at radius 1 is 1.14 bits per heavy atom. The summed E-state index contributed by atoms with van der Waals surface area (Å²) in [5.41, 5.74) is 1.78. The summed E-state index contributed by atoms with van der Waals surface area (Å²) in [7, 11) is 0. The first-order valence-corrected chi connectivity index (χ1v) is 9.70. The topological polar surface area (TPSA) is 107 Å². The molecule has 9 nitrogen and oxygen atoms in total. The van der Waals surface area contributed by atoms with Crippen molar-refractivity contribution < 1.29 is 9.53 Å². The smallest absolute Gasteiger partial charge is 0.315 e. The zero-order chi connectivity index (χ0) is 19.9. The Morgan fingerprint density at radius 2 is 2.00 bits per heavy atom. The van der Waals surface area contributed by atoms with Gasteiger partial charge in [0.05, 0.1) is 0 Å². The summed E-state index contributed by atoms with van der Waals surface area (Å²) in [6.07, 6.45) is 11.2. The molecule has 0 aromatic carbocycles. The third-order valence-electron chi connectivity index (χ3n) is 4.78. The van der Waals surface area contributed by atoms with Gasteiger partial charge in [0.25, 0.3) is 0 Å². The molecule has 0 atom stereocenters. The Morgan fingerprint density at radius 3 is 2.83 bits per heavy atom. The minimum atomic E-state index is -0.270. The molecule has 1 aliphatic carbocycles. The van der Waals surface area contributed by atoms with Gasteiger partial charge in [0, 0.05) is 37.1 Å². The average molecular weight is 393 g/mol. The lowest BCUT2D eigenvalue weighted by Crippen LogP contribution is -2.34. The van der Waals surface area contributed by atoms with Crippen molar-refractivity contribution in [3.63, 3.8) is 0 Å². The number of hydrogen-bond acceptors (Lipinski definition) is 6. The second-order valence-electron chi connectivity index (χ2n) is 6.89. The average Bonchev–Trinajstić information content (AvgIpc) is 3.46. The van der Waals surface area contributed by atoms with Crippen molar-refractivity contribution in [1.82, 2.24) is 35.4 Å². The van der Waals surface area contributed by atoms with Gasteiger partial charge < -0.3 is 15.4 Å². The second kappa shape index (κ2) is 9.13. The van der Waals surface area contributed by atoms with Crippen LogP contribution >= 0.6 is 0 Å². The minimum Gasteiger partial charge on any atom is -0.474 e. The summed E-state index contributed by atoms with van der Waals surface area (Å²) in [6, 6.07) is 7.18. The second-order valence-corrected chi connectivity index (χ2v) is 6.89. The molecule has 0 bridgehead atoms. The summed E-state index contributed by atoms with van der Waals surface area (Å²) in [5.74, 6) is 1.25. The maximum absolute atomic E-state index is 12.2. The lowest BCUT2D eigenvalue weighted by molar-refractivity contribution is 0.201. The van der Waals surface area contributed by atoms with Crippen LogP contribution in [0.15, 0.2) is 49.3 Å². The van der Waals surface area contributed by atoms with Crippen LogP contribution in [0.1, 0.15) is 36.8 Å². The van der Waals surface area contributed by atoms with Gasteiger partial charge in [0.1, 0.15) is 18.8 Å². The summed E-state index contributed by atoms with van der Waals surface area (Å²) in [6.45, 7) is 0.708. The molecule has 1 fully saturated rings. The summed E-state index contributed by atoms with van der Waals surface area (Å²) < 4.78 is 7.48. The SMILES string of the molecule is O=C(NCc1ccnc(OC2CCCC2)c1)NCc1cccnc1-n1cncn1. The van der Waals surface area contributed by atoms with E-state index in [1.807, 2.05) is 24.3 Å². The molecule has 1 saturated carbocycles. The highest BCUT2D eigenvalue weighted by Gasteiger charge is 2.17. The van der Waals surface area contributed by atoms with Gasteiger partial charge in [-0.2, -0.15) is 5.10 Å². The molecule has 0 aliphatic heterocycles. The molecule has 0 radical (unpaired) electrons. The van der Waals surface area contributed by atoms with E-state index in [2.05, 4.69) is 30.7 Å². The van der Waals surface area contributed by atoms with E-state index >= 15 is 0 Å². The third-order valence-corrected chi connectivity index (χ3v) is 4.78. The normalized spacial score (nSPS) is 13.9. The van der Waals surface area contributed by atoms with E-state index in [4.69, 9.17) is 4.74 Å². The highest BCUT2D eigenvalue weighted by atomic mass is 16.5. The van der Waals surface area contributed by atoms with E-state index in [9.17, 15) is 4.79 Å². The Kier molecular flexibility index (Phi) is 5.94. The summed E-state index contributed by atoms with van der Waals surface area (Å²) >= 11 is 0. The maximum atomic E-state index is 12.2. The molecule has 1 aliphatic rings.